The van der Waals surface area contributed by atoms with Crippen LogP contribution in [-0.2, 0) is 4.74 Å². The van der Waals surface area contributed by atoms with Crippen molar-refractivity contribution in [1.82, 2.24) is 15.4 Å². The van der Waals surface area contributed by atoms with E-state index in [9.17, 15) is 9.59 Å². The lowest BCUT2D eigenvalue weighted by Crippen LogP contribution is -2.29. The van der Waals surface area contributed by atoms with E-state index >= 15 is 0 Å². The molecule has 0 aliphatic carbocycles. The molecule has 0 aliphatic heterocycles. The number of aromatic nitrogens is 2. The number of hydrogen-bond donors (Lipinski definition) is 2. The molecule has 0 radical (unpaired) electrons. The number of rotatable bonds is 5. The zero-order valence-electron chi connectivity index (χ0n) is 13.0. The topological polar surface area (TPSA) is 106 Å². The Morgan fingerprint density at radius 3 is 2.92 bits per heavy atom. The van der Waals surface area contributed by atoms with Gasteiger partial charge in [-0.2, -0.15) is 0 Å². The molecule has 3 rings (SSSR count). The van der Waals surface area contributed by atoms with E-state index in [2.05, 4.69) is 20.8 Å². The molecule has 2 N–H and O–H groups in total. The third-order valence-corrected chi connectivity index (χ3v) is 4.41. The lowest BCUT2D eigenvalue weighted by atomic mass is 10.2. The number of carbonyl (C=O) groups excluding carboxylic acids is 2. The van der Waals surface area contributed by atoms with Crippen molar-refractivity contribution in [2.75, 3.05) is 12.0 Å². The molecule has 8 nitrogen and oxygen atoms in total. The number of nitrogens with zero attached hydrogens (tertiary/aromatic N) is 2. The molecule has 0 unspecified atom stereocenters. The molecule has 3 aromatic heterocycles. The third-order valence-electron chi connectivity index (χ3n) is 3.23. The molecular weight excluding hydrogens is 332 g/mol. The summed E-state index contributed by atoms with van der Waals surface area (Å²) in [6, 6.07) is 3.16. The number of thiophene rings is 1. The Morgan fingerprint density at radius 1 is 1.38 bits per heavy atom. The minimum atomic E-state index is -0.440. The molecular formula is C15H14N4O4S. The Hall–Kier alpha value is -2.94. The van der Waals surface area contributed by atoms with Crippen LogP contribution in [0.5, 0.6) is 0 Å². The van der Waals surface area contributed by atoms with Crippen molar-refractivity contribution >= 4 is 39.2 Å². The largest absolute Gasteiger partial charge is 0.462 e. The van der Waals surface area contributed by atoms with Gasteiger partial charge < -0.3 is 9.15 Å². The van der Waals surface area contributed by atoms with Crippen molar-refractivity contribution in [3.8, 4) is 0 Å². The molecule has 0 aliphatic rings. The number of carbonyl (C=O) groups is 2. The molecule has 0 bridgehead atoms. The fourth-order valence-electron chi connectivity index (χ4n) is 2.14. The first-order valence-electron chi connectivity index (χ1n) is 7.13. The number of fused-ring (bicyclic) bond motifs is 1. The molecule has 3 aromatic rings. The van der Waals surface area contributed by atoms with E-state index in [1.54, 1.807) is 26.0 Å². The predicted octanol–water partition coefficient (Wildman–Crippen LogP) is 2.53. The van der Waals surface area contributed by atoms with Gasteiger partial charge in [0.05, 0.1) is 18.3 Å². The molecule has 0 aromatic carbocycles. The highest BCUT2D eigenvalue weighted by Gasteiger charge is 2.20. The van der Waals surface area contributed by atoms with Crippen LogP contribution in [0, 0.1) is 6.92 Å². The zero-order valence-corrected chi connectivity index (χ0v) is 13.8. The number of aryl methyl sites for hydroxylation is 1. The van der Waals surface area contributed by atoms with Gasteiger partial charge in [0.2, 0.25) is 0 Å². The number of esters is 1. The van der Waals surface area contributed by atoms with Crippen LogP contribution in [0.25, 0.3) is 10.2 Å². The Balaban J connectivity index is 1.88. The first-order valence-corrected chi connectivity index (χ1v) is 7.94. The van der Waals surface area contributed by atoms with Gasteiger partial charge in [-0.1, -0.05) is 0 Å². The summed E-state index contributed by atoms with van der Waals surface area (Å²) in [5, 5.41) is 0.658. The smallest absolute Gasteiger partial charge is 0.348 e. The minimum absolute atomic E-state index is 0.169. The van der Waals surface area contributed by atoms with Crippen molar-refractivity contribution in [1.29, 1.82) is 0 Å². The molecule has 124 valence electrons. The summed E-state index contributed by atoms with van der Waals surface area (Å²) in [6.07, 6.45) is 2.76. The van der Waals surface area contributed by atoms with Gasteiger partial charge in [0.15, 0.2) is 11.6 Å². The van der Waals surface area contributed by atoms with E-state index in [0.29, 0.717) is 33.1 Å². The Labute approximate surface area is 140 Å². The molecule has 0 fully saturated rings. The summed E-state index contributed by atoms with van der Waals surface area (Å²) in [4.78, 5) is 33.3. The van der Waals surface area contributed by atoms with Gasteiger partial charge >= 0.3 is 11.9 Å². The fourth-order valence-corrected chi connectivity index (χ4v) is 3.19. The fraction of sp³-hybridized carbons (Fsp3) is 0.200. The predicted molar refractivity (Wildman–Crippen MR) is 87.9 cm³/mol. The van der Waals surface area contributed by atoms with Crippen molar-refractivity contribution in [3.05, 3.63) is 40.9 Å². The van der Waals surface area contributed by atoms with Gasteiger partial charge in [-0.3, -0.25) is 15.6 Å². The standard InChI is InChI=1S/C15H14N4O4S/c1-3-22-15(21)11-8(2)10-12(16-7-17-14(10)24-11)18-19-13(20)9-5-4-6-23-9/h4-7H,3H2,1-2H3,(H,19,20)(H,16,17,18). The highest BCUT2D eigenvalue weighted by Crippen LogP contribution is 2.33. The lowest BCUT2D eigenvalue weighted by Gasteiger charge is -2.07. The van der Waals surface area contributed by atoms with E-state index in [1.807, 2.05) is 0 Å². The molecule has 1 amide bonds. The summed E-state index contributed by atoms with van der Waals surface area (Å²) < 4.78 is 10.1. The lowest BCUT2D eigenvalue weighted by molar-refractivity contribution is 0.0531. The van der Waals surface area contributed by atoms with Gasteiger partial charge in [0.25, 0.3) is 0 Å². The average Bonchev–Trinajstić information content (AvgIpc) is 3.21. The van der Waals surface area contributed by atoms with Crippen molar-refractivity contribution < 1.29 is 18.7 Å². The van der Waals surface area contributed by atoms with Crippen molar-refractivity contribution in [3.63, 3.8) is 0 Å². The second-order valence-electron chi connectivity index (χ2n) is 4.74. The number of amides is 1. The van der Waals surface area contributed by atoms with Gasteiger partial charge in [-0.15, -0.1) is 11.3 Å². The molecule has 0 atom stereocenters. The van der Waals surface area contributed by atoms with Crippen molar-refractivity contribution in [2.45, 2.75) is 13.8 Å². The highest BCUT2D eigenvalue weighted by atomic mass is 32.1. The van der Waals surface area contributed by atoms with Crippen LogP contribution in [0.4, 0.5) is 5.82 Å². The van der Waals surface area contributed by atoms with Crippen LogP contribution >= 0.6 is 11.3 Å². The minimum Gasteiger partial charge on any atom is -0.462 e. The molecule has 24 heavy (non-hydrogen) atoms. The van der Waals surface area contributed by atoms with E-state index in [-0.39, 0.29) is 5.76 Å². The number of anilines is 1. The monoisotopic (exact) mass is 346 g/mol. The number of nitrogens with one attached hydrogen (secondary N) is 2. The number of hydrogen-bond acceptors (Lipinski definition) is 8. The number of furan rings is 1. The summed E-state index contributed by atoms with van der Waals surface area (Å²) in [6.45, 7) is 3.83. The molecule has 0 saturated heterocycles. The van der Waals surface area contributed by atoms with Gasteiger partial charge in [0.1, 0.15) is 16.0 Å². The Bertz CT molecular complexity index is 888. The van der Waals surface area contributed by atoms with Gasteiger partial charge in [-0.05, 0) is 31.5 Å². The Morgan fingerprint density at radius 2 is 2.21 bits per heavy atom. The molecule has 0 spiro atoms. The second-order valence-corrected chi connectivity index (χ2v) is 5.73. The van der Waals surface area contributed by atoms with Crippen LogP contribution in [0.3, 0.4) is 0 Å². The summed E-state index contributed by atoms with van der Waals surface area (Å²) in [7, 11) is 0. The maximum Gasteiger partial charge on any atom is 0.348 e. The quantitative estimate of drug-likeness (QED) is 0.540. The third kappa shape index (κ3) is 2.93. The maximum absolute atomic E-state index is 12.0. The van der Waals surface area contributed by atoms with Crippen LogP contribution in [0.15, 0.2) is 29.1 Å². The van der Waals surface area contributed by atoms with Gasteiger partial charge in [-0.25, -0.2) is 14.8 Å². The van der Waals surface area contributed by atoms with Crippen molar-refractivity contribution in [2.24, 2.45) is 0 Å². The van der Waals surface area contributed by atoms with E-state index < -0.39 is 11.9 Å². The van der Waals surface area contributed by atoms with E-state index in [0.717, 1.165) is 0 Å². The van der Waals surface area contributed by atoms with Crippen LogP contribution in [0.1, 0.15) is 32.7 Å². The molecule has 0 saturated carbocycles. The van der Waals surface area contributed by atoms with E-state index in [1.165, 1.54) is 23.9 Å². The maximum atomic E-state index is 12.0. The first kappa shape index (κ1) is 15.9. The zero-order chi connectivity index (χ0) is 17.1. The molecule has 3 heterocycles. The normalized spacial score (nSPS) is 10.6. The highest BCUT2D eigenvalue weighted by molar-refractivity contribution is 7.20. The number of hydrazine groups is 1. The van der Waals surface area contributed by atoms with Crippen LogP contribution in [0.2, 0.25) is 0 Å². The van der Waals surface area contributed by atoms with Crippen LogP contribution < -0.4 is 10.9 Å². The summed E-state index contributed by atoms with van der Waals surface area (Å²) in [5.74, 6) is -0.278. The Kier molecular flexibility index (Phi) is 4.43. The van der Waals surface area contributed by atoms with Gasteiger partial charge in [0, 0.05) is 0 Å². The second kappa shape index (κ2) is 6.67. The first-order chi connectivity index (χ1) is 11.6. The van der Waals surface area contributed by atoms with Crippen LogP contribution in [-0.4, -0.2) is 28.5 Å². The molecule has 9 heteroatoms. The average molecular weight is 346 g/mol. The summed E-state index contributed by atoms with van der Waals surface area (Å²) in [5.41, 5.74) is 5.94. The summed E-state index contributed by atoms with van der Waals surface area (Å²) >= 11 is 1.22. The van der Waals surface area contributed by atoms with E-state index in [4.69, 9.17) is 9.15 Å². The SMILES string of the molecule is CCOC(=O)c1sc2ncnc(NNC(=O)c3ccco3)c2c1C. The number of ether oxygens (including phenoxy) is 1.